The van der Waals surface area contributed by atoms with Crippen LogP contribution < -0.4 is 5.32 Å². The van der Waals surface area contributed by atoms with Crippen LogP contribution in [0.15, 0.2) is 0 Å². The molecule has 0 saturated carbocycles. The van der Waals surface area contributed by atoms with E-state index in [0.717, 1.165) is 0 Å². The summed E-state index contributed by atoms with van der Waals surface area (Å²) in [4.78, 5) is 16.2. The number of esters is 1. The van der Waals surface area contributed by atoms with Crippen LogP contribution in [-0.2, 0) is 28.5 Å². The van der Waals surface area contributed by atoms with Gasteiger partial charge in [-0.25, -0.2) is 0 Å². The second kappa shape index (κ2) is 17.3. The summed E-state index contributed by atoms with van der Waals surface area (Å²) in [6.07, 6.45) is -4.82. The van der Waals surface area contributed by atoms with Gasteiger partial charge >= 0.3 is 5.97 Å². The zero-order valence-corrected chi connectivity index (χ0v) is 32.5. The first-order valence-corrected chi connectivity index (χ1v) is 18.6. The van der Waals surface area contributed by atoms with Crippen LogP contribution in [0.4, 0.5) is 0 Å². The second-order valence-electron chi connectivity index (χ2n) is 16.5. The van der Waals surface area contributed by atoms with Gasteiger partial charge in [-0.15, -0.1) is 0 Å². The van der Waals surface area contributed by atoms with Crippen LogP contribution >= 0.6 is 0 Å². The Kier molecular flexibility index (Phi) is 15.0. The van der Waals surface area contributed by atoms with E-state index in [0.29, 0.717) is 25.8 Å². The molecule has 3 saturated heterocycles. The highest BCUT2D eigenvalue weighted by Gasteiger charge is 2.54. The number of cyclic esters (lactones) is 1. The molecular formula is C37H70N2O10. The minimum Gasteiger partial charge on any atom is -0.462 e. The van der Waals surface area contributed by atoms with Gasteiger partial charge in [-0.2, -0.15) is 0 Å². The third-order valence-electron chi connectivity index (χ3n) is 12.0. The van der Waals surface area contributed by atoms with Crippen molar-refractivity contribution in [3.63, 3.8) is 0 Å². The zero-order chi connectivity index (χ0) is 37.2. The van der Waals surface area contributed by atoms with E-state index in [4.69, 9.17) is 23.7 Å². The highest BCUT2D eigenvalue weighted by Crippen LogP contribution is 2.44. The normalized spacial score (nSPS) is 50.0. The minimum atomic E-state index is -1.45. The summed E-state index contributed by atoms with van der Waals surface area (Å²) in [6, 6.07) is -0.515. The predicted octanol–water partition coefficient (Wildman–Crippen LogP) is 2.72. The Labute approximate surface area is 295 Å². The standard InChI is InChI=1S/C37H70N2O10/c1-14-27-21(4)30(40)24(7)38-18-19(2)16-36(9,44)33(49-35-31(41)26(39(11)12)15-20(3)46-35)22(5)29(23(6)34(43)48-27)28-17-37(10,45-13)32(42)25(8)47-28/h19-33,35,38,40-42,44H,14-18H2,1-13H3/t19-,20?,21+,22+,23?,24-,25+,26+,27-,28?,29+,30+,31-,32+,33-,35+,36-,37-/m1/s1. The lowest BCUT2D eigenvalue weighted by atomic mass is 9.68. The Hall–Kier alpha value is -0.930. The molecule has 0 spiro atoms. The predicted molar refractivity (Wildman–Crippen MR) is 187 cm³/mol. The lowest BCUT2D eigenvalue weighted by molar-refractivity contribution is -0.302. The van der Waals surface area contributed by atoms with Gasteiger partial charge in [0, 0.05) is 37.5 Å². The van der Waals surface area contributed by atoms with Crippen molar-refractivity contribution in [2.75, 3.05) is 27.7 Å². The fraction of sp³-hybridized carbons (Fsp3) is 0.973. The number of carbonyl (C=O) groups excluding carboxylic acids is 1. The maximum atomic E-state index is 14.2. The van der Waals surface area contributed by atoms with Crippen molar-refractivity contribution in [2.45, 2.75) is 173 Å². The Balaban J connectivity index is 2.18. The third kappa shape index (κ3) is 9.74. The molecule has 3 fully saturated rings. The van der Waals surface area contributed by atoms with Crippen molar-refractivity contribution in [1.29, 1.82) is 0 Å². The molecule has 3 unspecified atom stereocenters. The molecule has 0 aromatic heterocycles. The van der Waals surface area contributed by atoms with Crippen LogP contribution in [0.2, 0.25) is 0 Å². The van der Waals surface area contributed by atoms with E-state index >= 15 is 0 Å². The van der Waals surface area contributed by atoms with E-state index < -0.39 is 83.9 Å². The van der Waals surface area contributed by atoms with Crippen molar-refractivity contribution in [2.24, 2.45) is 29.6 Å². The average Bonchev–Trinajstić information content (AvgIpc) is 3.03. The molecule has 12 nitrogen and oxygen atoms in total. The minimum absolute atomic E-state index is 0.0392. The molecule has 12 heteroatoms. The number of methoxy groups -OCH3 is 1. The highest BCUT2D eigenvalue weighted by atomic mass is 16.7. The summed E-state index contributed by atoms with van der Waals surface area (Å²) < 4.78 is 31.6. The van der Waals surface area contributed by atoms with Crippen LogP contribution in [0.1, 0.15) is 94.9 Å². The van der Waals surface area contributed by atoms with Crippen LogP contribution in [0.5, 0.6) is 0 Å². The van der Waals surface area contributed by atoms with Crippen LogP contribution in [0, 0.1) is 29.6 Å². The number of carbonyl (C=O) groups is 1. The van der Waals surface area contributed by atoms with Gasteiger partial charge < -0.3 is 54.3 Å². The Bertz CT molecular complexity index is 1050. The van der Waals surface area contributed by atoms with E-state index in [1.165, 1.54) is 0 Å². The molecule has 3 aliphatic rings. The molecule has 18 atom stereocenters. The molecule has 0 aromatic rings. The second-order valence-corrected chi connectivity index (χ2v) is 16.5. The molecule has 3 rings (SSSR count). The number of nitrogens with one attached hydrogen (secondary N) is 1. The van der Waals surface area contributed by atoms with Crippen molar-refractivity contribution < 1.29 is 48.9 Å². The molecular weight excluding hydrogens is 632 g/mol. The number of aliphatic hydroxyl groups excluding tert-OH is 3. The van der Waals surface area contributed by atoms with Gasteiger partial charge in [-0.3, -0.25) is 4.79 Å². The number of hydrogen-bond donors (Lipinski definition) is 5. The molecule has 3 aliphatic heterocycles. The fourth-order valence-corrected chi connectivity index (χ4v) is 8.85. The molecule has 288 valence electrons. The van der Waals surface area contributed by atoms with Crippen LogP contribution in [0.3, 0.4) is 0 Å². The summed E-state index contributed by atoms with van der Waals surface area (Å²) in [5.41, 5.74) is -2.41. The summed E-state index contributed by atoms with van der Waals surface area (Å²) in [6.45, 7) is 19.4. The van der Waals surface area contributed by atoms with Gasteiger partial charge in [0.25, 0.3) is 0 Å². The topological polar surface area (TPSA) is 159 Å². The third-order valence-corrected chi connectivity index (χ3v) is 12.0. The monoisotopic (exact) mass is 703 g/mol. The highest BCUT2D eigenvalue weighted by molar-refractivity contribution is 5.72. The lowest BCUT2D eigenvalue weighted by Gasteiger charge is -2.51. The number of hydrogen-bond acceptors (Lipinski definition) is 12. The maximum Gasteiger partial charge on any atom is 0.309 e. The van der Waals surface area contributed by atoms with Crippen LogP contribution in [-0.4, -0.2) is 137 Å². The largest absolute Gasteiger partial charge is 0.462 e. The Morgan fingerprint density at radius 1 is 0.959 bits per heavy atom. The lowest BCUT2D eigenvalue weighted by Crippen LogP contribution is -2.61. The fourth-order valence-electron chi connectivity index (χ4n) is 8.85. The number of likely N-dealkylation sites (N-methyl/N-ethyl adjacent to an activating group) is 1. The number of aliphatic hydroxyl groups is 4. The van der Waals surface area contributed by atoms with E-state index in [9.17, 15) is 25.2 Å². The molecule has 0 amide bonds. The first kappa shape index (κ1) is 42.5. The van der Waals surface area contributed by atoms with Gasteiger partial charge in [-0.05, 0) is 86.4 Å². The SMILES string of the molecule is CC[C@H]1OC(=O)C(C)[C@@H](C2C[C@@](C)(OC)[C@@H](O)[C@H](C)O2)[C@H](C)[C@@H](O[C@@H]2OC(C)C[C@H](N(C)C)[C@H]2O)[C@](C)(O)C[C@@H](C)CN[C@H](C)[C@@H](O)[C@H]1C. The summed E-state index contributed by atoms with van der Waals surface area (Å²) in [5, 5.41) is 49.8. The Morgan fingerprint density at radius 2 is 1.59 bits per heavy atom. The van der Waals surface area contributed by atoms with Gasteiger partial charge in [0.05, 0.1) is 47.6 Å². The molecule has 0 aliphatic carbocycles. The zero-order valence-electron chi connectivity index (χ0n) is 32.5. The summed E-state index contributed by atoms with van der Waals surface area (Å²) in [5.74, 6) is -2.68. The number of rotatable bonds is 6. The summed E-state index contributed by atoms with van der Waals surface area (Å²) in [7, 11) is 5.38. The van der Waals surface area contributed by atoms with Crippen LogP contribution in [0.25, 0.3) is 0 Å². The molecule has 0 aromatic carbocycles. The van der Waals surface area contributed by atoms with Crippen molar-refractivity contribution in [1.82, 2.24) is 10.2 Å². The molecule has 3 heterocycles. The van der Waals surface area contributed by atoms with Crippen molar-refractivity contribution >= 4 is 5.97 Å². The van der Waals surface area contributed by atoms with Gasteiger partial charge in [-0.1, -0.05) is 34.6 Å². The molecule has 49 heavy (non-hydrogen) atoms. The average molecular weight is 703 g/mol. The number of nitrogens with zero attached hydrogens (tertiary/aromatic N) is 1. The van der Waals surface area contributed by atoms with E-state index in [1.54, 1.807) is 21.0 Å². The first-order valence-electron chi connectivity index (χ1n) is 18.6. The van der Waals surface area contributed by atoms with Crippen molar-refractivity contribution in [3.05, 3.63) is 0 Å². The first-order chi connectivity index (χ1) is 22.7. The van der Waals surface area contributed by atoms with Gasteiger partial charge in [0.2, 0.25) is 0 Å². The molecule has 5 N–H and O–H groups in total. The molecule has 0 bridgehead atoms. The van der Waals surface area contributed by atoms with Gasteiger partial charge in [0.1, 0.15) is 18.3 Å². The van der Waals surface area contributed by atoms with E-state index in [2.05, 4.69) is 5.32 Å². The molecule has 0 radical (unpaired) electrons. The van der Waals surface area contributed by atoms with E-state index in [-0.39, 0.29) is 36.4 Å². The number of ether oxygens (including phenoxy) is 5. The summed E-state index contributed by atoms with van der Waals surface area (Å²) >= 11 is 0. The Morgan fingerprint density at radius 3 is 2.16 bits per heavy atom. The quantitative estimate of drug-likeness (QED) is 0.258. The van der Waals surface area contributed by atoms with Gasteiger partial charge in [0.15, 0.2) is 6.29 Å². The van der Waals surface area contributed by atoms with E-state index in [1.807, 2.05) is 74.4 Å². The smallest absolute Gasteiger partial charge is 0.309 e. The maximum absolute atomic E-state index is 14.2. The van der Waals surface area contributed by atoms with Crippen molar-refractivity contribution in [3.8, 4) is 0 Å².